The normalized spacial score (nSPS) is 17.8. The van der Waals surface area contributed by atoms with Crippen LogP contribution in [-0.2, 0) is 11.2 Å². The molecule has 0 radical (unpaired) electrons. The lowest BCUT2D eigenvalue weighted by Crippen LogP contribution is -2.34. The number of nitrogens with zero attached hydrogens (tertiary/aromatic N) is 1. The molecule has 1 saturated heterocycles. The predicted molar refractivity (Wildman–Crippen MR) is 74.6 cm³/mol. The van der Waals surface area contributed by atoms with E-state index in [1.54, 1.807) is 0 Å². The average Bonchev–Trinajstić information content (AvgIpc) is 2.42. The summed E-state index contributed by atoms with van der Waals surface area (Å²) in [6.07, 6.45) is 6.65. The maximum atomic E-state index is 10.5. The molecule has 1 fully saturated rings. The molecule has 0 amide bonds. The Morgan fingerprint density at radius 3 is 2.56 bits per heavy atom. The number of hydrogen-bond acceptors (Lipinski definition) is 2. The molecule has 0 aromatic heterocycles. The molecule has 2 heteroatoms. The fourth-order valence-electron chi connectivity index (χ4n) is 2.73. The predicted octanol–water partition coefficient (Wildman–Crippen LogP) is 2.92. The van der Waals surface area contributed by atoms with Crippen LogP contribution in [0.5, 0.6) is 0 Å². The molecule has 98 valence electrons. The lowest BCUT2D eigenvalue weighted by atomic mass is 9.94. The van der Waals surface area contributed by atoms with Crippen molar-refractivity contribution < 1.29 is 4.79 Å². The molecule has 0 bridgehead atoms. The molecule has 0 atom stereocenters. The van der Waals surface area contributed by atoms with Gasteiger partial charge in [-0.3, -0.25) is 0 Å². The summed E-state index contributed by atoms with van der Waals surface area (Å²) >= 11 is 0. The van der Waals surface area contributed by atoms with Gasteiger partial charge in [0.1, 0.15) is 6.29 Å². The Bertz CT molecular complexity index is 341. The van der Waals surface area contributed by atoms with Gasteiger partial charge in [-0.05, 0) is 56.8 Å². The molecule has 0 unspecified atom stereocenters. The van der Waals surface area contributed by atoms with Crippen LogP contribution in [0, 0.1) is 5.92 Å². The lowest BCUT2D eigenvalue weighted by molar-refractivity contribution is -0.108. The maximum Gasteiger partial charge on any atom is 0.120 e. The first-order valence-corrected chi connectivity index (χ1v) is 7.08. The third-order valence-electron chi connectivity index (χ3n) is 3.92. The summed E-state index contributed by atoms with van der Waals surface area (Å²) in [4.78, 5) is 13.0. The molecule has 1 aromatic carbocycles. The van der Waals surface area contributed by atoms with Crippen molar-refractivity contribution in [3.63, 3.8) is 0 Å². The van der Waals surface area contributed by atoms with Crippen molar-refractivity contribution in [2.24, 2.45) is 5.92 Å². The van der Waals surface area contributed by atoms with Crippen LogP contribution in [0.25, 0.3) is 0 Å². The van der Waals surface area contributed by atoms with E-state index >= 15 is 0 Å². The number of carbonyl (C=O) groups is 1. The summed E-state index contributed by atoms with van der Waals surface area (Å²) in [5, 5.41) is 0. The number of hydrogen-bond donors (Lipinski definition) is 0. The molecule has 0 spiro atoms. The lowest BCUT2D eigenvalue weighted by Gasteiger charge is -2.31. The van der Waals surface area contributed by atoms with Crippen LogP contribution in [0.15, 0.2) is 30.3 Å². The first-order valence-electron chi connectivity index (χ1n) is 7.08. The fourth-order valence-corrected chi connectivity index (χ4v) is 2.73. The number of carbonyl (C=O) groups excluding carboxylic acids is 1. The molecule has 0 saturated carbocycles. The largest absolute Gasteiger partial charge is 0.303 e. The third kappa shape index (κ3) is 4.26. The molecular formula is C16H23NO. The van der Waals surface area contributed by atoms with Crippen molar-refractivity contribution in [3.8, 4) is 0 Å². The fraction of sp³-hybridized carbons (Fsp3) is 0.562. The van der Waals surface area contributed by atoms with Crippen LogP contribution in [0.1, 0.15) is 31.2 Å². The van der Waals surface area contributed by atoms with Crippen molar-refractivity contribution in [1.82, 2.24) is 4.90 Å². The van der Waals surface area contributed by atoms with E-state index in [-0.39, 0.29) is 0 Å². The molecule has 1 aliphatic heterocycles. The smallest absolute Gasteiger partial charge is 0.120 e. The van der Waals surface area contributed by atoms with E-state index in [1.165, 1.54) is 50.9 Å². The number of aryl methyl sites for hydroxylation is 1. The van der Waals surface area contributed by atoms with E-state index in [1.807, 2.05) is 0 Å². The van der Waals surface area contributed by atoms with Crippen molar-refractivity contribution in [3.05, 3.63) is 35.9 Å². The summed E-state index contributed by atoms with van der Waals surface area (Å²) in [6, 6.07) is 10.7. The van der Waals surface area contributed by atoms with Gasteiger partial charge >= 0.3 is 0 Å². The van der Waals surface area contributed by atoms with E-state index in [0.29, 0.717) is 5.92 Å². The van der Waals surface area contributed by atoms with Gasteiger partial charge in [0.2, 0.25) is 0 Å². The first kappa shape index (κ1) is 13.3. The van der Waals surface area contributed by atoms with Crippen LogP contribution >= 0.6 is 0 Å². The Morgan fingerprint density at radius 2 is 1.89 bits per heavy atom. The van der Waals surface area contributed by atoms with Gasteiger partial charge in [-0.2, -0.15) is 0 Å². The molecule has 2 nitrogen and oxygen atoms in total. The molecule has 1 aliphatic rings. The molecule has 1 heterocycles. The number of piperidine rings is 1. The first-order chi connectivity index (χ1) is 8.88. The second kappa shape index (κ2) is 7.32. The summed E-state index contributed by atoms with van der Waals surface area (Å²) in [5.74, 6) is 0.646. The Kier molecular flexibility index (Phi) is 5.40. The van der Waals surface area contributed by atoms with Gasteiger partial charge in [0.25, 0.3) is 0 Å². The summed E-state index contributed by atoms with van der Waals surface area (Å²) in [5.41, 5.74) is 1.44. The van der Waals surface area contributed by atoms with Crippen LogP contribution in [-0.4, -0.2) is 30.8 Å². The topological polar surface area (TPSA) is 20.3 Å². The van der Waals surface area contributed by atoms with Crippen LogP contribution in [0.3, 0.4) is 0 Å². The highest BCUT2D eigenvalue weighted by Crippen LogP contribution is 2.19. The molecule has 18 heavy (non-hydrogen) atoms. The molecule has 0 aliphatic carbocycles. The maximum absolute atomic E-state index is 10.5. The monoisotopic (exact) mass is 245 g/mol. The minimum Gasteiger partial charge on any atom is -0.303 e. The minimum absolute atomic E-state index is 0.646. The Hall–Kier alpha value is -1.15. The molecule has 0 N–H and O–H groups in total. The summed E-state index contributed by atoms with van der Waals surface area (Å²) in [6.45, 7) is 3.54. The second-order valence-corrected chi connectivity index (χ2v) is 5.28. The van der Waals surface area contributed by atoms with Gasteiger partial charge in [0, 0.05) is 6.42 Å². The zero-order valence-electron chi connectivity index (χ0n) is 11.1. The van der Waals surface area contributed by atoms with Gasteiger partial charge in [-0.15, -0.1) is 0 Å². The van der Waals surface area contributed by atoms with Crippen LogP contribution in [0.2, 0.25) is 0 Å². The second-order valence-electron chi connectivity index (χ2n) is 5.28. The van der Waals surface area contributed by atoms with E-state index < -0.39 is 0 Å². The summed E-state index contributed by atoms with van der Waals surface area (Å²) < 4.78 is 0. The molecule has 2 rings (SSSR count). The van der Waals surface area contributed by atoms with Crippen LogP contribution < -0.4 is 0 Å². The number of rotatable bonds is 6. The Morgan fingerprint density at radius 1 is 1.17 bits per heavy atom. The zero-order valence-corrected chi connectivity index (χ0v) is 11.1. The third-order valence-corrected chi connectivity index (χ3v) is 3.92. The van der Waals surface area contributed by atoms with Crippen molar-refractivity contribution >= 4 is 6.29 Å². The van der Waals surface area contributed by atoms with Gasteiger partial charge in [-0.1, -0.05) is 30.3 Å². The zero-order chi connectivity index (χ0) is 12.6. The standard InChI is InChI=1S/C16H23NO/c18-14-10-16-8-12-17(13-9-16)11-4-7-15-5-2-1-3-6-15/h1-3,5-6,14,16H,4,7-13H2. The van der Waals surface area contributed by atoms with Crippen LogP contribution in [0.4, 0.5) is 0 Å². The average molecular weight is 245 g/mol. The van der Waals surface area contributed by atoms with E-state index in [0.717, 1.165) is 12.7 Å². The van der Waals surface area contributed by atoms with Crippen molar-refractivity contribution in [2.45, 2.75) is 32.1 Å². The number of benzene rings is 1. The highest BCUT2D eigenvalue weighted by molar-refractivity contribution is 5.49. The Labute approximate surface area is 110 Å². The number of aldehydes is 1. The van der Waals surface area contributed by atoms with Crippen molar-refractivity contribution in [2.75, 3.05) is 19.6 Å². The van der Waals surface area contributed by atoms with Gasteiger partial charge in [0.15, 0.2) is 0 Å². The highest BCUT2D eigenvalue weighted by atomic mass is 16.1. The quantitative estimate of drug-likeness (QED) is 0.718. The van der Waals surface area contributed by atoms with E-state index in [4.69, 9.17) is 0 Å². The van der Waals surface area contributed by atoms with E-state index in [9.17, 15) is 4.79 Å². The Balaban J connectivity index is 1.62. The summed E-state index contributed by atoms with van der Waals surface area (Å²) in [7, 11) is 0. The van der Waals surface area contributed by atoms with Gasteiger partial charge < -0.3 is 9.69 Å². The molecular weight excluding hydrogens is 222 g/mol. The number of likely N-dealkylation sites (tertiary alicyclic amines) is 1. The van der Waals surface area contributed by atoms with Gasteiger partial charge in [0.05, 0.1) is 0 Å². The van der Waals surface area contributed by atoms with Gasteiger partial charge in [-0.25, -0.2) is 0 Å². The van der Waals surface area contributed by atoms with Crippen molar-refractivity contribution in [1.29, 1.82) is 0 Å². The van der Waals surface area contributed by atoms with E-state index in [2.05, 4.69) is 35.2 Å². The minimum atomic E-state index is 0.646. The highest BCUT2D eigenvalue weighted by Gasteiger charge is 2.17. The SMILES string of the molecule is O=CCC1CCN(CCCc2ccccc2)CC1. The molecule has 1 aromatic rings.